The topological polar surface area (TPSA) is 88.4 Å². The van der Waals surface area contributed by atoms with Crippen molar-refractivity contribution < 1.29 is 19.1 Å². The van der Waals surface area contributed by atoms with Gasteiger partial charge in [0.2, 0.25) is 0 Å². The summed E-state index contributed by atoms with van der Waals surface area (Å²) in [6, 6.07) is 15.7. The Balaban J connectivity index is 1.81. The van der Waals surface area contributed by atoms with Crippen LogP contribution in [0.25, 0.3) is 0 Å². The molecular formula is C20H20N2O4. The molecular weight excluding hydrogens is 332 g/mol. The number of benzene rings is 2. The number of carbonyl (C=O) groups excluding carboxylic acids is 2. The Morgan fingerprint density at radius 3 is 2.58 bits per heavy atom. The van der Waals surface area contributed by atoms with Crippen LogP contribution in [0.3, 0.4) is 0 Å². The van der Waals surface area contributed by atoms with Crippen molar-refractivity contribution in [3.05, 3.63) is 65.2 Å². The molecule has 26 heavy (non-hydrogen) atoms. The quantitative estimate of drug-likeness (QED) is 0.773. The number of hydrogen-bond acceptors (Lipinski definition) is 5. The maximum Gasteiger partial charge on any atom is 0.338 e. The molecule has 0 saturated heterocycles. The Morgan fingerprint density at radius 1 is 1.19 bits per heavy atom. The van der Waals surface area contributed by atoms with Gasteiger partial charge in [-0.2, -0.15) is 5.26 Å². The Morgan fingerprint density at radius 2 is 1.92 bits per heavy atom. The van der Waals surface area contributed by atoms with Gasteiger partial charge in [0.05, 0.1) is 24.3 Å². The van der Waals surface area contributed by atoms with E-state index in [1.165, 1.54) is 19.1 Å². The Bertz CT molecular complexity index is 809. The molecule has 2 aromatic carbocycles. The zero-order chi connectivity index (χ0) is 18.9. The first-order chi connectivity index (χ1) is 12.5. The maximum atomic E-state index is 12.1. The lowest BCUT2D eigenvalue weighted by atomic mass is 10.1. The van der Waals surface area contributed by atoms with Crippen LogP contribution in [0.1, 0.15) is 28.4 Å². The number of nitrogens with one attached hydrogen (secondary N) is 1. The molecule has 0 fully saturated rings. The van der Waals surface area contributed by atoms with Crippen molar-refractivity contribution in [1.82, 2.24) is 5.32 Å². The van der Waals surface area contributed by atoms with Crippen LogP contribution in [0.5, 0.6) is 5.75 Å². The molecule has 0 aromatic heterocycles. The maximum absolute atomic E-state index is 12.1. The van der Waals surface area contributed by atoms with Crippen LogP contribution in [-0.4, -0.2) is 31.6 Å². The summed E-state index contributed by atoms with van der Waals surface area (Å²) in [7, 11) is 1.61. The SMILES string of the molecule is COc1ccc(CCNC(=O)[C@H](C)OC(=O)c2cccc(C#N)c2)cc1. The lowest BCUT2D eigenvalue weighted by Gasteiger charge is -2.13. The van der Waals surface area contributed by atoms with Crippen LogP contribution >= 0.6 is 0 Å². The van der Waals surface area contributed by atoms with Crippen molar-refractivity contribution >= 4 is 11.9 Å². The highest BCUT2D eigenvalue weighted by molar-refractivity contribution is 5.92. The van der Waals surface area contributed by atoms with Gasteiger partial charge in [0, 0.05) is 6.54 Å². The van der Waals surface area contributed by atoms with E-state index in [1.54, 1.807) is 19.2 Å². The van der Waals surface area contributed by atoms with Gasteiger partial charge in [0.15, 0.2) is 6.10 Å². The number of methoxy groups -OCH3 is 1. The third kappa shape index (κ3) is 5.35. The highest BCUT2D eigenvalue weighted by Crippen LogP contribution is 2.11. The van der Waals surface area contributed by atoms with Crippen LogP contribution in [0.2, 0.25) is 0 Å². The first-order valence-corrected chi connectivity index (χ1v) is 8.15. The van der Waals surface area contributed by atoms with Gasteiger partial charge in [-0.25, -0.2) is 4.79 Å². The van der Waals surface area contributed by atoms with Gasteiger partial charge in [-0.05, 0) is 49.2 Å². The summed E-state index contributed by atoms with van der Waals surface area (Å²) in [5, 5.41) is 11.6. The average molecular weight is 352 g/mol. The molecule has 6 heteroatoms. The standard InChI is InChI=1S/C20H20N2O4/c1-14(26-20(24)17-5-3-4-16(12-17)13-21)19(23)22-11-10-15-6-8-18(25-2)9-7-15/h3-9,12,14H,10-11H2,1-2H3,(H,22,23)/t14-/m0/s1. The van der Waals surface area contributed by atoms with E-state index < -0.39 is 12.1 Å². The molecule has 1 N–H and O–H groups in total. The number of ether oxygens (including phenoxy) is 2. The highest BCUT2D eigenvalue weighted by atomic mass is 16.5. The second-order valence-electron chi connectivity index (χ2n) is 5.63. The average Bonchev–Trinajstić information content (AvgIpc) is 2.68. The van der Waals surface area contributed by atoms with E-state index >= 15 is 0 Å². The summed E-state index contributed by atoms with van der Waals surface area (Å²) in [5.41, 5.74) is 1.65. The fourth-order valence-corrected chi connectivity index (χ4v) is 2.26. The van der Waals surface area contributed by atoms with Crippen molar-refractivity contribution in [2.75, 3.05) is 13.7 Å². The lowest BCUT2D eigenvalue weighted by molar-refractivity contribution is -0.129. The minimum atomic E-state index is -0.927. The number of hydrogen-bond donors (Lipinski definition) is 1. The molecule has 0 unspecified atom stereocenters. The number of rotatable bonds is 7. The first-order valence-electron chi connectivity index (χ1n) is 8.15. The molecule has 0 aliphatic rings. The fourth-order valence-electron chi connectivity index (χ4n) is 2.26. The second kappa shape index (κ2) is 9.23. The van der Waals surface area contributed by atoms with Gasteiger partial charge in [-0.3, -0.25) is 4.79 Å². The summed E-state index contributed by atoms with van der Waals surface area (Å²) in [6.07, 6.45) is -0.273. The zero-order valence-corrected chi connectivity index (χ0v) is 14.7. The van der Waals surface area contributed by atoms with Crippen LogP contribution in [0, 0.1) is 11.3 Å². The number of nitrogens with zero attached hydrogens (tertiary/aromatic N) is 1. The predicted octanol–water partition coefficient (Wildman–Crippen LogP) is 2.47. The molecule has 0 aliphatic heterocycles. The molecule has 2 aromatic rings. The number of carbonyl (C=O) groups is 2. The van der Waals surface area contributed by atoms with E-state index in [9.17, 15) is 9.59 Å². The zero-order valence-electron chi connectivity index (χ0n) is 14.7. The van der Waals surface area contributed by atoms with Crippen LogP contribution in [-0.2, 0) is 16.0 Å². The smallest absolute Gasteiger partial charge is 0.338 e. The Labute approximate surface area is 152 Å². The summed E-state index contributed by atoms with van der Waals surface area (Å²) in [6.45, 7) is 1.94. The normalized spacial score (nSPS) is 11.1. The van der Waals surface area contributed by atoms with E-state index in [-0.39, 0.29) is 11.5 Å². The molecule has 1 amide bonds. The lowest BCUT2D eigenvalue weighted by Crippen LogP contribution is -2.36. The Hall–Kier alpha value is -3.33. The van der Waals surface area contributed by atoms with E-state index in [1.807, 2.05) is 30.3 Å². The van der Waals surface area contributed by atoms with E-state index in [0.717, 1.165) is 11.3 Å². The van der Waals surface area contributed by atoms with Gasteiger partial charge in [-0.1, -0.05) is 18.2 Å². The van der Waals surface area contributed by atoms with Gasteiger partial charge in [0.25, 0.3) is 5.91 Å². The van der Waals surface area contributed by atoms with Gasteiger partial charge >= 0.3 is 5.97 Å². The summed E-state index contributed by atoms with van der Waals surface area (Å²) >= 11 is 0. The molecule has 134 valence electrons. The molecule has 0 radical (unpaired) electrons. The van der Waals surface area contributed by atoms with Crippen molar-refractivity contribution in [3.63, 3.8) is 0 Å². The molecule has 0 heterocycles. The van der Waals surface area contributed by atoms with E-state index in [0.29, 0.717) is 18.5 Å². The van der Waals surface area contributed by atoms with Gasteiger partial charge in [-0.15, -0.1) is 0 Å². The molecule has 0 aliphatic carbocycles. The summed E-state index contributed by atoms with van der Waals surface area (Å²) in [5.74, 6) is -0.234. The number of nitriles is 1. The van der Waals surface area contributed by atoms with Crippen LogP contribution in [0.15, 0.2) is 48.5 Å². The minimum absolute atomic E-state index is 0.238. The van der Waals surface area contributed by atoms with Crippen LogP contribution < -0.4 is 10.1 Å². The molecule has 0 spiro atoms. The third-order valence-corrected chi connectivity index (χ3v) is 3.75. The van der Waals surface area contributed by atoms with Crippen LogP contribution in [0.4, 0.5) is 0 Å². The largest absolute Gasteiger partial charge is 0.497 e. The van der Waals surface area contributed by atoms with Crippen molar-refractivity contribution in [2.24, 2.45) is 0 Å². The third-order valence-electron chi connectivity index (χ3n) is 3.75. The molecule has 0 saturated carbocycles. The monoisotopic (exact) mass is 352 g/mol. The van der Waals surface area contributed by atoms with Gasteiger partial charge in [0.1, 0.15) is 5.75 Å². The van der Waals surface area contributed by atoms with Crippen molar-refractivity contribution in [2.45, 2.75) is 19.4 Å². The fraction of sp³-hybridized carbons (Fsp3) is 0.250. The number of esters is 1. The molecule has 6 nitrogen and oxygen atoms in total. The molecule has 0 bridgehead atoms. The second-order valence-corrected chi connectivity index (χ2v) is 5.63. The summed E-state index contributed by atoms with van der Waals surface area (Å²) < 4.78 is 10.2. The molecule has 1 atom stereocenters. The molecule has 2 rings (SSSR count). The Kier molecular flexibility index (Phi) is 6.75. The first kappa shape index (κ1) is 19.0. The summed E-state index contributed by atoms with van der Waals surface area (Å²) in [4.78, 5) is 24.1. The predicted molar refractivity (Wildman–Crippen MR) is 95.7 cm³/mol. The van der Waals surface area contributed by atoms with E-state index in [4.69, 9.17) is 14.7 Å². The number of amides is 1. The highest BCUT2D eigenvalue weighted by Gasteiger charge is 2.18. The van der Waals surface area contributed by atoms with E-state index in [2.05, 4.69) is 5.32 Å². The minimum Gasteiger partial charge on any atom is -0.497 e. The van der Waals surface area contributed by atoms with Crippen molar-refractivity contribution in [1.29, 1.82) is 5.26 Å². The van der Waals surface area contributed by atoms with Gasteiger partial charge < -0.3 is 14.8 Å². The van der Waals surface area contributed by atoms with Crippen molar-refractivity contribution in [3.8, 4) is 11.8 Å².